The monoisotopic (exact) mass is 445 g/mol. The minimum absolute atomic E-state index is 0. The maximum Gasteiger partial charge on any atom is 0.349 e. The number of ether oxygens (including phenoxy) is 1. The van der Waals surface area contributed by atoms with Gasteiger partial charge in [0.25, 0.3) is 0 Å². The summed E-state index contributed by atoms with van der Waals surface area (Å²) in [6, 6.07) is 8.26. The number of likely N-dealkylation sites (N-methyl/N-ethyl adjacent to an activating group) is 1. The molecule has 0 aromatic carbocycles. The zero-order valence-corrected chi connectivity index (χ0v) is 17.9. The number of nitrogens with zero attached hydrogens (tertiary/aromatic N) is 1. The van der Waals surface area contributed by atoms with Gasteiger partial charge >= 0.3 is 5.97 Å². The molecule has 1 saturated heterocycles. The summed E-state index contributed by atoms with van der Waals surface area (Å²) in [5, 5.41) is 15.0. The van der Waals surface area contributed by atoms with Crippen LogP contribution in [0.15, 0.2) is 47.2 Å². The van der Waals surface area contributed by atoms with Gasteiger partial charge in [-0.2, -0.15) is 0 Å². The molecule has 2 bridgehead atoms. The Morgan fingerprint density at radius 1 is 1.22 bits per heavy atom. The minimum Gasteiger partial charge on any atom is -1.00 e. The first-order chi connectivity index (χ1) is 12.5. The third-order valence-electron chi connectivity index (χ3n) is 5.66. The van der Waals surface area contributed by atoms with E-state index in [2.05, 4.69) is 19.2 Å². The average Bonchev–Trinajstić information content (AvgIpc) is 3.37. The predicted molar refractivity (Wildman–Crippen MR) is 104 cm³/mol. The van der Waals surface area contributed by atoms with Crippen LogP contribution >= 0.6 is 34.3 Å². The first kappa shape index (κ1) is 20.8. The number of carbonyl (C=O) groups excluding carboxylic acids is 1. The number of piperidine rings is 1. The van der Waals surface area contributed by atoms with Gasteiger partial charge < -0.3 is 26.7 Å². The van der Waals surface area contributed by atoms with Gasteiger partial charge in [-0.05, 0) is 35.0 Å². The smallest absolute Gasteiger partial charge is 0.349 e. The van der Waals surface area contributed by atoms with Crippen molar-refractivity contribution < 1.29 is 31.5 Å². The fourth-order valence-electron chi connectivity index (χ4n) is 3.97. The van der Waals surface area contributed by atoms with Gasteiger partial charge in [0, 0.05) is 12.8 Å². The molecule has 0 spiro atoms. The van der Waals surface area contributed by atoms with E-state index in [0.717, 1.165) is 17.3 Å². The maximum absolute atomic E-state index is 13.1. The number of carbonyl (C=O) groups is 1. The van der Waals surface area contributed by atoms with Crippen molar-refractivity contribution in [3.05, 3.63) is 56.9 Å². The number of esters is 1. The quantitative estimate of drug-likeness (QED) is 0.242. The van der Waals surface area contributed by atoms with E-state index in [1.165, 1.54) is 22.7 Å². The number of alkyl halides is 1. The SMILES string of the molecule is C[N+]1(CCl)[C@@H]2C=C[C@H]1C[C@H](OC(=O)C(O)(c1cccs1)c1cccs1)C2.[Cl-]. The van der Waals surface area contributed by atoms with E-state index in [0.29, 0.717) is 15.8 Å². The van der Waals surface area contributed by atoms with Crippen molar-refractivity contribution in [3.63, 3.8) is 0 Å². The lowest BCUT2D eigenvalue weighted by molar-refractivity contribution is -0.934. The Morgan fingerprint density at radius 3 is 2.15 bits per heavy atom. The molecule has 0 amide bonds. The number of thiophene rings is 2. The van der Waals surface area contributed by atoms with Crippen molar-refractivity contribution in [1.29, 1.82) is 0 Å². The van der Waals surface area contributed by atoms with Crippen molar-refractivity contribution in [2.45, 2.75) is 36.6 Å². The van der Waals surface area contributed by atoms with Crippen molar-refractivity contribution in [1.82, 2.24) is 0 Å². The van der Waals surface area contributed by atoms with Crippen LogP contribution in [0.5, 0.6) is 0 Å². The van der Waals surface area contributed by atoms with E-state index < -0.39 is 11.6 Å². The molecule has 0 aliphatic carbocycles. The van der Waals surface area contributed by atoms with E-state index in [1.54, 1.807) is 12.1 Å². The number of fused-ring (bicyclic) bond motifs is 2. The number of aliphatic hydroxyl groups is 1. The Morgan fingerprint density at radius 2 is 1.74 bits per heavy atom. The van der Waals surface area contributed by atoms with Gasteiger partial charge in [0.15, 0.2) is 6.00 Å². The third kappa shape index (κ3) is 3.37. The van der Waals surface area contributed by atoms with Crippen molar-refractivity contribution >= 4 is 40.2 Å². The number of hydrogen-bond acceptors (Lipinski definition) is 5. The summed E-state index contributed by atoms with van der Waals surface area (Å²) < 4.78 is 6.61. The molecular formula is C19H21Cl2NO3S2. The van der Waals surface area contributed by atoms with Gasteiger partial charge in [0.2, 0.25) is 5.60 Å². The van der Waals surface area contributed by atoms with Crippen LogP contribution in [-0.4, -0.2) is 46.8 Å². The second-order valence-electron chi connectivity index (χ2n) is 7.15. The van der Waals surface area contributed by atoms with Gasteiger partial charge in [0.1, 0.15) is 18.2 Å². The molecule has 4 rings (SSSR count). The van der Waals surface area contributed by atoms with Gasteiger partial charge in [0.05, 0.1) is 16.8 Å². The lowest BCUT2D eigenvalue weighted by atomic mass is 9.95. The molecule has 2 aliphatic rings. The predicted octanol–water partition coefficient (Wildman–Crippen LogP) is 0.705. The largest absolute Gasteiger partial charge is 1.00 e. The van der Waals surface area contributed by atoms with E-state index in [1.807, 2.05) is 22.9 Å². The fourth-order valence-corrected chi connectivity index (χ4v) is 6.04. The molecule has 0 radical (unpaired) electrons. The van der Waals surface area contributed by atoms with Gasteiger partial charge in [-0.1, -0.05) is 23.7 Å². The Balaban J connectivity index is 0.00000210. The van der Waals surface area contributed by atoms with Crippen molar-refractivity contribution in [3.8, 4) is 0 Å². The summed E-state index contributed by atoms with van der Waals surface area (Å²) in [6.07, 6.45) is 5.62. The molecule has 146 valence electrons. The molecule has 4 atom stereocenters. The molecule has 0 saturated carbocycles. The first-order valence-electron chi connectivity index (χ1n) is 8.59. The summed E-state index contributed by atoms with van der Waals surface area (Å²) in [4.78, 5) is 14.3. The summed E-state index contributed by atoms with van der Waals surface area (Å²) in [6.45, 7) is 0. The van der Waals surface area contributed by atoms with Crippen LogP contribution in [0.25, 0.3) is 0 Å². The van der Waals surface area contributed by atoms with E-state index in [-0.39, 0.29) is 30.6 Å². The average molecular weight is 446 g/mol. The topological polar surface area (TPSA) is 46.5 Å². The molecule has 2 aromatic heterocycles. The van der Waals surface area contributed by atoms with Crippen molar-refractivity contribution in [2.24, 2.45) is 0 Å². The molecule has 8 heteroatoms. The van der Waals surface area contributed by atoms with Crippen LogP contribution in [0, 0.1) is 0 Å². The summed E-state index contributed by atoms with van der Waals surface area (Å²) in [5.41, 5.74) is -1.74. The highest BCUT2D eigenvalue weighted by molar-refractivity contribution is 7.12. The van der Waals surface area contributed by atoms with Gasteiger partial charge in [-0.25, -0.2) is 4.79 Å². The number of quaternary nitrogens is 1. The Labute approximate surface area is 178 Å². The lowest BCUT2D eigenvalue weighted by Crippen LogP contribution is -3.00. The van der Waals surface area contributed by atoms with Gasteiger partial charge in [-0.3, -0.25) is 0 Å². The minimum atomic E-state index is -1.74. The first-order valence-corrected chi connectivity index (χ1v) is 10.9. The Kier molecular flexibility index (Phi) is 6.06. The molecule has 1 N–H and O–H groups in total. The molecule has 4 nitrogen and oxygen atoms in total. The third-order valence-corrected chi connectivity index (χ3v) is 8.13. The molecule has 2 aliphatic heterocycles. The number of hydrogen-bond donors (Lipinski definition) is 1. The second-order valence-corrected chi connectivity index (χ2v) is 9.28. The normalized spacial score (nSPS) is 29.4. The van der Waals surface area contributed by atoms with Crippen LogP contribution in [-0.2, 0) is 15.1 Å². The zero-order chi connectivity index (χ0) is 18.4. The Bertz CT molecular complexity index is 757. The molecule has 1 unspecified atom stereocenters. The molecule has 1 fully saturated rings. The molecular weight excluding hydrogens is 425 g/mol. The van der Waals surface area contributed by atoms with Crippen LogP contribution < -0.4 is 12.4 Å². The van der Waals surface area contributed by atoms with Gasteiger partial charge in [-0.15, -0.1) is 22.7 Å². The lowest BCUT2D eigenvalue weighted by Gasteiger charge is -2.45. The fraction of sp³-hybridized carbons (Fsp3) is 0.421. The summed E-state index contributed by atoms with van der Waals surface area (Å²) >= 11 is 8.92. The molecule has 2 aromatic rings. The van der Waals surface area contributed by atoms with Crippen LogP contribution in [0.1, 0.15) is 22.6 Å². The highest BCUT2D eigenvalue weighted by Gasteiger charge is 2.51. The Hall–Kier alpha value is -0.890. The number of rotatable bonds is 5. The summed E-state index contributed by atoms with van der Waals surface area (Å²) in [7, 11) is 2.15. The molecule has 27 heavy (non-hydrogen) atoms. The highest BCUT2D eigenvalue weighted by Crippen LogP contribution is 2.41. The van der Waals surface area contributed by atoms with Crippen LogP contribution in [0.4, 0.5) is 0 Å². The van der Waals surface area contributed by atoms with Crippen LogP contribution in [0.2, 0.25) is 0 Å². The number of halogens is 2. The van der Waals surface area contributed by atoms with Crippen LogP contribution in [0.3, 0.4) is 0 Å². The molecule has 4 heterocycles. The zero-order valence-electron chi connectivity index (χ0n) is 14.8. The maximum atomic E-state index is 13.1. The standard InChI is InChI=1S/C19H21ClNO3S2.ClH/c1-21(12-20)13-6-7-14(21)11-15(10-13)24-18(22)19(23,16-4-2-8-25-16)17-5-3-9-26-17;/h2-9,13-15,23H,10-12H2,1H3;1H/q+1;/p-1/t13-,14+,15-,21?;. The van der Waals surface area contributed by atoms with E-state index >= 15 is 0 Å². The highest BCUT2D eigenvalue weighted by atomic mass is 35.5. The summed E-state index contributed by atoms with van der Waals surface area (Å²) in [5.74, 6) is -0.589. The van der Waals surface area contributed by atoms with E-state index in [4.69, 9.17) is 16.3 Å². The van der Waals surface area contributed by atoms with Crippen molar-refractivity contribution in [2.75, 3.05) is 13.1 Å². The van der Waals surface area contributed by atoms with E-state index in [9.17, 15) is 9.90 Å². The second kappa shape index (κ2) is 7.85.